The van der Waals surface area contributed by atoms with Crippen LogP contribution in [-0.4, -0.2) is 18.6 Å². The van der Waals surface area contributed by atoms with Crippen LogP contribution in [0.3, 0.4) is 0 Å². The highest BCUT2D eigenvalue weighted by molar-refractivity contribution is 9.11. The van der Waals surface area contributed by atoms with Crippen LogP contribution in [0.25, 0.3) is 0 Å². The van der Waals surface area contributed by atoms with Crippen LogP contribution in [0.1, 0.15) is 20.8 Å². The largest absolute Gasteiger partial charge is 0.382 e. The fourth-order valence-corrected chi connectivity index (χ4v) is 2.57. The van der Waals surface area contributed by atoms with Crippen molar-refractivity contribution in [3.63, 3.8) is 0 Å². The first kappa shape index (κ1) is 14.0. The average molecular weight is 350 g/mol. The van der Waals surface area contributed by atoms with Gasteiger partial charge in [-0.15, -0.1) is 0 Å². The fraction of sp³-hybridized carbons (Fsp3) is 0.500. The first-order valence-electron chi connectivity index (χ1n) is 5.33. The molecule has 0 fully saturated rings. The van der Waals surface area contributed by atoms with Gasteiger partial charge in [0.25, 0.3) is 0 Å². The maximum absolute atomic E-state index is 3.53. The SMILES string of the molecule is CC(C)(C)NCCNc1c(Br)cccc1Br. The van der Waals surface area contributed by atoms with E-state index < -0.39 is 0 Å². The van der Waals surface area contributed by atoms with Gasteiger partial charge < -0.3 is 10.6 Å². The van der Waals surface area contributed by atoms with Crippen LogP contribution < -0.4 is 10.6 Å². The number of hydrogen-bond acceptors (Lipinski definition) is 2. The van der Waals surface area contributed by atoms with Crippen LogP contribution in [0.5, 0.6) is 0 Å². The van der Waals surface area contributed by atoms with Gasteiger partial charge in [-0.2, -0.15) is 0 Å². The summed E-state index contributed by atoms with van der Waals surface area (Å²) in [7, 11) is 0. The number of rotatable bonds is 4. The molecule has 1 aromatic rings. The molecule has 0 amide bonds. The molecule has 2 nitrogen and oxygen atoms in total. The summed E-state index contributed by atoms with van der Waals surface area (Å²) < 4.78 is 2.16. The second-order valence-electron chi connectivity index (χ2n) is 4.70. The van der Waals surface area contributed by atoms with Crippen LogP contribution in [0, 0.1) is 0 Å². The van der Waals surface area contributed by atoms with Crippen molar-refractivity contribution in [1.82, 2.24) is 5.32 Å². The number of para-hydroxylation sites is 1. The Kier molecular flexibility index (Phi) is 5.28. The third-order valence-electron chi connectivity index (χ3n) is 2.04. The monoisotopic (exact) mass is 348 g/mol. The van der Waals surface area contributed by atoms with E-state index in [2.05, 4.69) is 63.3 Å². The number of anilines is 1. The molecule has 0 heterocycles. The lowest BCUT2D eigenvalue weighted by molar-refractivity contribution is 0.435. The molecule has 0 unspecified atom stereocenters. The summed E-state index contributed by atoms with van der Waals surface area (Å²) in [6.45, 7) is 8.35. The van der Waals surface area contributed by atoms with E-state index in [0.29, 0.717) is 0 Å². The van der Waals surface area contributed by atoms with E-state index in [-0.39, 0.29) is 5.54 Å². The van der Waals surface area contributed by atoms with Crippen LogP contribution in [0.4, 0.5) is 5.69 Å². The Labute approximate surface area is 114 Å². The van der Waals surface area contributed by atoms with Crippen LogP contribution >= 0.6 is 31.9 Å². The standard InChI is InChI=1S/C12H18Br2N2/c1-12(2,3)16-8-7-15-11-9(13)5-4-6-10(11)14/h4-6,15-16H,7-8H2,1-3H3. The lowest BCUT2D eigenvalue weighted by Crippen LogP contribution is -2.38. The van der Waals surface area contributed by atoms with Gasteiger partial charge in [-0.05, 0) is 64.8 Å². The van der Waals surface area contributed by atoms with Crippen molar-refractivity contribution in [2.75, 3.05) is 18.4 Å². The zero-order valence-electron chi connectivity index (χ0n) is 9.90. The van der Waals surface area contributed by atoms with Crippen molar-refractivity contribution in [2.45, 2.75) is 26.3 Å². The highest BCUT2D eigenvalue weighted by Gasteiger charge is 2.08. The Bertz CT molecular complexity index is 325. The third-order valence-corrected chi connectivity index (χ3v) is 3.37. The first-order valence-corrected chi connectivity index (χ1v) is 6.92. The second-order valence-corrected chi connectivity index (χ2v) is 6.41. The van der Waals surface area contributed by atoms with Crippen LogP contribution in [-0.2, 0) is 0 Å². The molecule has 0 bridgehead atoms. The molecule has 0 spiro atoms. The minimum absolute atomic E-state index is 0.173. The van der Waals surface area contributed by atoms with Gasteiger partial charge in [0.1, 0.15) is 0 Å². The molecule has 0 atom stereocenters. The van der Waals surface area contributed by atoms with E-state index >= 15 is 0 Å². The van der Waals surface area contributed by atoms with Crippen LogP contribution in [0.2, 0.25) is 0 Å². The van der Waals surface area contributed by atoms with Crippen molar-refractivity contribution in [2.24, 2.45) is 0 Å². The Morgan fingerprint density at radius 3 is 2.12 bits per heavy atom. The van der Waals surface area contributed by atoms with Gasteiger partial charge in [-0.25, -0.2) is 0 Å². The van der Waals surface area contributed by atoms with E-state index in [1.165, 1.54) is 0 Å². The third kappa shape index (κ3) is 4.85. The van der Waals surface area contributed by atoms with Crippen molar-refractivity contribution in [3.8, 4) is 0 Å². The van der Waals surface area contributed by atoms with Gasteiger partial charge in [0.2, 0.25) is 0 Å². The maximum Gasteiger partial charge on any atom is 0.0629 e. The molecular weight excluding hydrogens is 332 g/mol. The molecular formula is C12H18Br2N2. The predicted molar refractivity (Wildman–Crippen MR) is 78.1 cm³/mol. The molecule has 1 aromatic carbocycles. The van der Waals surface area contributed by atoms with Gasteiger partial charge in [-0.1, -0.05) is 6.07 Å². The van der Waals surface area contributed by atoms with Crippen molar-refractivity contribution >= 4 is 37.5 Å². The van der Waals surface area contributed by atoms with Gasteiger partial charge in [0.05, 0.1) is 5.69 Å². The molecule has 0 aliphatic heterocycles. The summed E-state index contributed by atoms with van der Waals surface area (Å²) in [5, 5.41) is 6.84. The van der Waals surface area contributed by atoms with E-state index in [1.807, 2.05) is 18.2 Å². The zero-order chi connectivity index (χ0) is 12.2. The summed E-state index contributed by atoms with van der Waals surface area (Å²) in [4.78, 5) is 0. The molecule has 0 aliphatic carbocycles. The number of hydrogen-bond donors (Lipinski definition) is 2. The van der Waals surface area contributed by atoms with Gasteiger partial charge in [0, 0.05) is 27.6 Å². The first-order chi connectivity index (χ1) is 7.40. The topological polar surface area (TPSA) is 24.1 Å². The van der Waals surface area contributed by atoms with Gasteiger partial charge in [-0.3, -0.25) is 0 Å². The van der Waals surface area contributed by atoms with Gasteiger partial charge >= 0.3 is 0 Å². The summed E-state index contributed by atoms with van der Waals surface area (Å²) >= 11 is 7.05. The second kappa shape index (κ2) is 6.03. The minimum Gasteiger partial charge on any atom is -0.382 e. The summed E-state index contributed by atoms with van der Waals surface area (Å²) in [6, 6.07) is 6.07. The maximum atomic E-state index is 3.53. The molecule has 16 heavy (non-hydrogen) atoms. The molecule has 0 aromatic heterocycles. The minimum atomic E-state index is 0.173. The fourth-order valence-electron chi connectivity index (χ4n) is 1.29. The van der Waals surface area contributed by atoms with E-state index in [0.717, 1.165) is 27.7 Å². The molecule has 90 valence electrons. The lowest BCUT2D eigenvalue weighted by Gasteiger charge is -2.21. The van der Waals surface area contributed by atoms with Crippen molar-refractivity contribution in [3.05, 3.63) is 27.1 Å². The lowest BCUT2D eigenvalue weighted by atomic mass is 10.1. The van der Waals surface area contributed by atoms with Crippen molar-refractivity contribution < 1.29 is 0 Å². The highest BCUT2D eigenvalue weighted by Crippen LogP contribution is 2.30. The summed E-state index contributed by atoms with van der Waals surface area (Å²) in [5.41, 5.74) is 1.28. The van der Waals surface area contributed by atoms with Crippen molar-refractivity contribution in [1.29, 1.82) is 0 Å². The quantitative estimate of drug-likeness (QED) is 0.802. The predicted octanol–water partition coefficient (Wildman–Crippen LogP) is 4.01. The number of benzene rings is 1. The highest BCUT2D eigenvalue weighted by atomic mass is 79.9. The smallest absolute Gasteiger partial charge is 0.0629 e. The van der Waals surface area contributed by atoms with E-state index in [4.69, 9.17) is 0 Å². The Morgan fingerprint density at radius 2 is 1.62 bits per heavy atom. The molecule has 0 saturated carbocycles. The molecule has 1 rings (SSSR count). The summed E-state index contributed by atoms with van der Waals surface area (Å²) in [5.74, 6) is 0. The van der Waals surface area contributed by atoms with E-state index in [1.54, 1.807) is 0 Å². The van der Waals surface area contributed by atoms with Gasteiger partial charge in [0.15, 0.2) is 0 Å². The normalized spacial score (nSPS) is 11.6. The van der Waals surface area contributed by atoms with Crippen LogP contribution in [0.15, 0.2) is 27.1 Å². The molecule has 0 saturated heterocycles. The Morgan fingerprint density at radius 1 is 1.06 bits per heavy atom. The average Bonchev–Trinajstić information content (AvgIpc) is 2.14. The number of halogens is 2. The molecule has 4 heteroatoms. The summed E-state index contributed by atoms with van der Waals surface area (Å²) in [6.07, 6.45) is 0. The molecule has 0 radical (unpaired) electrons. The van der Waals surface area contributed by atoms with E-state index in [9.17, 15) is 0 Å². The molecule has 2 N–H and O–H groups in total. The Hall–Kier alpha value is -0.0600. The Balaban J connectivity index is 2.43. The molecule has 0 aliphatic rings. The number of nitrogens with one attached hydrogen (secondary N) is 2. The zero-order valence-corrected chi connectivity index (χ0v) is 13.1.